The van der Waals surface area contributed by atoms with Crippen molar-refractivity contribution in [1.29, 1.82) is 0 Å². The van der Waals surface area contributed by atoms with Crippen molar-refractivity contribution in [3.8, 4) is 0 Å². The van der Waals surface area contributed by atoms with Crippen molar-refractivity contribution in [1.82, 2.24) is 4.90 Å². The number of nitrogens with two attached hydrogens (primary N) is 1. The Hall–Kier alpha value is -1.81. The number of nitrogens with zero attached hydrogens (tertiary/aromatic N) is 1. The summed E-state index contributed by atoms with van der Waals surface area (Å²) in [6, 6.07) is 11.8. The lowest BCUT2D eigenvalue weighted by Crippen LogP contribution is -2.37. The minimum atomic E-state index is 0.138. The van der Waals surface area contributed by atoms with E-state index in [-0.39, 0.29) is 11.9 Å². The van der Waals surface area contributed by atoms with Crippen LogP contribution in [0.15, 0.2) is 41.8 Å². The summed E-state index contributed by atoms with van der Waals surface area (Å²) >= 11 is 1.73. The first-order valence-electron chi connectivity index (χ1n) is 6.68. The molecule has 1 atom stereocenters. The van der Waals surface area contributed by atoms with Gasteiger partial charge in [0.25, 0.3) is 0 Å². The van der Waals surface area contributed by atoms with Gasteiger partial charge in [0.1, 0.15) is 0 Å². The third-order valence-corrected chi connectivity index (χ3v) is 4.37. The Morgan fingerprint density at radius 2 is 2.00 bits per heavy atom. The highest BCUT2D eigenvalue weighted by molar-refractivity contribution is 7.09. The summed E-state index contributed by atoms with van der Waals surface area (Å²) in [5, 5.41) is 2.07. The number of anilines is 1. The van der Waals surface area contributed by atoms with Crippen LogP contribution in [0.1, 0.15) is 17.4 Å². The number of amides is 1. The lowest BCUT2D eigenvalue weighted by atomic mass is 10.1. The zero-order chi connectivity index (χ0) is 14.5. The molecule has 0 aliphatic carbocycles. The Morgan fingerprint density at radius 3 is 2.60 bits per heavy atom. The van der Waals surface area contributed by atoms with Gasteiger partial charge in [-0.25, -0.2) is 0 Å². The molecule has 4 heteroatoms. The Bertz CT molecular complexity index is 548. The van der Waals surface area contributed by atoms with Gasteiger partial charge < -0.3 is 10.6 Å². The smallest absolute Gasteiger partial charge is 0.226 e. The third-order valence-electron chi connectivity index (χ3n) is 3.47. The third kappa shape index (κ3) is 3.84. The molecule has 0 spiro atoms. The van der Waals surface area contributed by atoms with Crippen LogP contribution in [0.4, 0.5) is 5.69 Å². The first kappa shape index (κ1) is 14.6. The van der Waals surface area contributed by atoms with E-state index in [1.54, 1.807) is 11.3 Å². The SMILES string of the molecule is C[C@@H](Cc1cccs1)N(C)C(=O)Cc1ccc(N)cc1. The van der Waals surface area contributed by atoms with Gasteiger partial charge in [0.2, 0.25) is 5.91 Å². The van der Waals surface area contributed by atoms with E-state index in [1.807, 2.05) is 42.3 Å². The van der Waals surface area contributed by atoms with Crippen LogP contribution in [0.5, 0.6) is 0 Å². The fourth-order valence-electron chi connectivity index (χ4n) is 2.04. The van der Waals surface area contributed by atoms with Crippen LogP contribution >= 0.6 is 11.3 Å². The van der Waals surface area contributed by atoms with Crippen molar-refractivity contribution in [3.63, 3.8) is 0 Å². The van der Waals surface area contributed by atoms with Gasteiger partial charge in [0.15, 0.2) is 0 Å². The van der Waals surface area contributed by atoms with Crippen molar-refractivity contribution in [2.75, 3.05) is 12.8 Å². The Labute approximate surface area is 124 Å². The van der Waals surface area contributed by atoms with E-state index in [4.69, 9.17) is 5.73 Å². The number of rotatable bonds is 5. The van der Waals surface area contributed by atoms with Gasteiger partial charge >= 0.3 is 0 Å². The van der Waals surface area contributed by atoms with Crippen LogP contribution in [-0.2, 0) is 17.6 Å². The molecule has 0 aliphatic rings. The second-order valence-electron chi connectivity index (χ2n) is 5.06. The van der Waals surface area contributed by atoms with E-state index in [1.165, 1.54) is 4.88 Å². The topological polar surface area (TPSA) is 46.3 Å². The largest absolute Gasteiger partial charge is 0.399 e. The normalized spacial score (nSPS) is 12.1. The highest BCUT2D eigenvalue weighted by Crippen LogP contribution is 2.14. The van der Waals surface area contributed by atoms with E-state index >= 15 is 0 Å². The minimum absolute atomic E-state index is 0.138. The molecule has 0 fully saturated rings. The molecule has 0 saturated carbocycles. The monoisotopic (exact) mass is 288 g/mol. The maximum atomic E-state index is 12.3. The molecule has 0 saturated heterocycles. The van der Waals surface area contributed by atoms with Crippen LogP contribution in [0.2, 0.25) is 0 Å². The Morgan fingerprint density at radius 1 is 1.30 bits per heavy atom. The van der Waals surface area contributed by atoms with Crippen LogP contribution in [0, 0.1) is 0 Å². The molecule has 1 amide bonds. The molecule has 1 aromatic carbocycles. The molecule has 0 aliphatic heterocycles. The molecule has 1 aromatic heterocycles. The van der Waals surface area contributed by atoms with Crippen LogP contribution in [0.25, 0.3) is 0 Å². The molecule has 1 heterocycles. The van der Waals surface area contributed by atoms with E-state index in [0.717, 1.165) is 17.7 Å². The van der Waals surface area contributed by atoms with E-state index in [0.29, 0.717) is 6.42 Å². The predicted octanol–water partition coefficient (Wildman–Crippen LogP) is 2.96. The number of hydrogen-bond donors (Lipinski definition) is 1. The molecular weight excluding hydrogens is 268 g/mol. The zero-order valence-electron chi connectivity index (χ0n) is 11.9. The summed E-state index contributed by atoms with van der Waals surface area (Å²) < 4.78 is 0. The first-order valence-corrected chi connectivity index (χ1v) is 7.56. The summed E-state index contributed by atoms with van der Waals surface area (Å²) in [5.41, 5.74) is 7.37. The van der Waals surface area contributed by atoms with E-state index < -0.39 is 0 Å². The number of nitrogen functional groups attached to an aromatic ring is 1. The van der Waals surface area contributed by atoms with Gasteiger partial charge in [-0.1, -0.05) is 18.2 Å². The molecule has 2 N–H and O–H groups in total. The van der Waals surface area contributed by atoms with Gasteiger partial charge in [0.05, 0.1) is 6.42 Å². The number of hydrogen-bond acceptors (Lipinski definition) is 3. The van der Waals surface area contributed by atoms with Crippen molar-refractivity contribution in [2.45, 2.75) is 25.8 Å². The molecule has 2 aromatic rings. The Balaban J connectivity index is 1.92. The summed E-state index contributed by atoms with van der Waals surface area (Å²) in [7, 11) is 1.87. The average molecular weight is 288 g/mol. The van der Waals surface area contributed by atoms with Gasteiger partial charge in [0, 0.05) is 30.1 Å². The van der Waals surface area contributed by atoms with Gasteiger partial charge in [-0.05, 0) is 36.1 Å². The summed E-state index contributed by atoms with van der Waals surface area (Å²) in [6.45, 7) is 2.08. The molecule has 0 bridgehead atoms. The van der Waals surface area contributed by atoms with Gasteiger partial charge in [-0.15, -0.1) is 11.3 Å². The lowest BCUT2D eigenvalue weighted by molar-refractivity contribution is -0.130. The number of carbonyl (C=O) groups is 1. The quantitative estimate of drug-likeness (QED) is 0.860. The van der Waals surface area contributed by atoms with Gasteiger partial charge in [-0.2, -0.15) is 0 Å². The maximum absolute atomic E-state index is 12.3. The van der Waals surface area contributed by atoms with Gasteiger partial charge in [-0.3, -0.25) is 4.79 Å². The molecule has 2 rings (SSSR count). The summed E-state index contributed by atoms with van der Waals surface area (Å²) in [4.78, 5) is 15.4. The standard InChI is InChI=1S/C16H20N2OS/c1-12(10-15-4-3-9-20-15)18(2)16(19)11-13-5-7-14(17)8-6-13/h3-9,12H,10-11,17H2,1-2H3/t12-/m0/s1. The van der Waals surface area contributed by atoms with Crippen LogP contribution in [-0.4, -0.2) is 23.9 Å². The summed E-state index contributed by atoms with van der Waals surface area (Å²) in [6.07, 6.45) is 1.33. The maximum Gasteiger partial charge on any atom is 0.226 e. The van der Waals surface area contributed by atoms with E-state index in [2.05, 4.69) is 18.4 Å². The second kappa shape index (κ2) is 6.57. The zero-order valence-corrected chi connectivity index (χ0v) is 12.7. The molecule has 106 valence electrons. The first-order chi connectivity index (χ1) is 9.56. The second-order valence-corrected chi connectivity index (χ2v) is 6.09. The number of likely N-dealkylation sites (N-methyl/N-ethyl adjacent to an activating group) is 1. The van der Waals surface area contributed by atoms with Crippen molar-refractivity contribution in [2.24, 2.45) is 0 Å². The average Bonchev–Trinajstić information content (AvgIpc) is 2.93. The minimum Gasteiger partial charge on any atom is -0.399 e. The molecule has 0 radical (unpaired) electrons. The number of benzene rings is 1. The number of thiophene rings is 1. The molecule has 3 nitrogen and oxygen atoms in total. The summed E-state index contributed by atoms with van der Waals surface area (Å²) in [5.74, 6) is 0.138. The number of carbonyl (C=O) groups excluding carboxylic acids is 1. The molecule has 20 heavy (non-hydrogen) atoms. The van der Waals surface area contributed by atoms with Crippen molar-refractivity contribution >= 4 is 22.9 Å². The van der Waals surface area contributed by atoms with Crippen LogP contribution < -0.4 is 5.73 Å². The fraction of sp³-hybridized carbons (Fsp3) is 0.312. The lowest BCUT2D eigenvalue weighted by Gasteiger charge is -2.24. The molecule has 0 unspecified atom stereocenters. The van der Waals surface area contributed by atoms with Crippen molar-refractivity contribution in [3.05, 3.63) is 52.2 Å². The fourth-order valence-corrected chi connectivity index (χ4v) is 2.86. The Kier molecular flexibility index (Phi) is 4.79. The van der Waals surface area contributed by atoms with E-state index in [9.17, 15) is 4.79 Å². The highest BCUT2D eigenvalue weighted by atomic mass is 32.1. The van der Waals surface area contributed by atoms with Crippen molar-refractivity contribution < 1.29 is 4.79 Å². The molecular formula is C16H20N2OS. The van der Waals surface area contributed by atoms with Crippen LogP contribution in [0.3, 0.4) is 0 Å². The highest BCUT2D eigenvalue weighted by Gasteiger charge is 2.16. The predicted molar refractivity (Wildman–Crippen MR) is 84.8 cm³/mol.